The van der Waals surface area contributed by atoms with Crippen LogP contribution in [0, 0.1) is 11.8 Å². The van der Waals surface area contributed by atoms with E-state index in [4.69, 9.17) is 5.73 Å². The third-order valence-corrected chi connectivity index (χ3v) is 10.3. The van der Waals surface area contributed by atoms with Crippen molar-refractivity contribution in [1.82, 2.24) is 0 Å². The van der Waals surface area contributed by atoms with E-state index in [2.05, 4.69) is 16.6 Å². The summed E-state index contributed by atoms with van der Waals surface area (Å²) in [5.41, 5.74) is 6.68. The van der Waals surface area contributed by atoms with E-state index < -0.39 is 46.0 Å². The molecule has 0 spiro atoms. The second-order valence-electron chi connectivity index (χ2n) is 6.62. The molecule has 166 valence electrons. The van der Waals surface area contributed by atoms with Crippen LogP contribution in [0.25, 0.3) is 0 Å². The summed E-state index contributed by atoms with van der Waals surface area (Å²) in [5, 5.41) is 1.32. The number of hydrogen-bond donors (Lipinski definition) is 1. The highest BCUT2D eigenvalue weighted by atomic mass is 32.2. The normalized spacial score (nSPS) is 13.4. The average Bonchev–Trinajstić information content (AvgIpc) is 3.31. The molecule has 0 amide bonds. The van der Waals surface area contributed by atoms with Crippen LogP contribution in [0.3, 0.4) is 0 Å². The maximum atomic E-state index is 13.5. The van der Waals surface area contributed by atoms with Gasteiger partial charge in [-0.2, -0.15) is 0 Å². The molecule has 1 heterocycles. The maximum absolute atomic E-state index is 13.5. The molecule has 0 aliphatic rings. The van der Waals surface area contributed by atoms with Crippen molar-refractivity contribution in [3.8, 4) is 11.8 Å². The molecule has 3 aromatic rings. The number of rotatable bonds is 6. The fourth-order valence-corrected chi connectivity index (χ4v) is 8.13. The van der Waals surface area contributed by atoms with Gasteiger partial charge in [-0.15, -0.1) is 11.3 Å². The molecule has 7 nitrogen and oxygen atoms in total. The van der Waals surface area contributed by atoms with Crippen molar-refractivity contribution >= 4 is 37.0 Å². The summed E-state index contributed by atoms with van der Waals surface area (Å²) in [7, 11) is -7.88. The zero-order valence-electron chi connectivity index (χ0n) is 16.9. The van der Waals surface area contributed by atoms with Crippen LogP contribution in [0.15, 0.2) is 86.1 Å². The van der Waals surface area contributed by atoms with E-state index in [1.165, 1.54) is 35.7 Å². The fourth-order valence-electron chi connectivity index (χ4n) is 2.82. The minimum absolute atomic E-state index is 0.0839. The predicted molar refractivity (Wildman–Crippen MR) is 120 cm³/mol. The summed E-state index contributed by atoms with van der Waals surface area (Å²) < 4.78 is 57.3. The second kappa shape index (κ2) is 9.26. The van der Waals surface area contributed by atoms with Crippen molar-refractivity contribution < 1.29 is 26.4 Å². The van der Waals surface area contributed by atoms with Gasteiger partial charge in [-0.25, -0.2) is 21.6 Å². The largest absolute Gasteiger partial charge is 0.467 e. The first-order chi connectivity index (χ1) is 15.1. The number of carbonyl (C=O) groups is 1. The molecule has 1 unspecified atom stereocenters. The molecule has 0 radical (unpaired) electrons. The molecule has 0 bridgehead atoms. The van der Waals surface area contributed by atoms with Gasteiger partial charge in [0.2, 0.25) is 24.5 Å². The van der Waals surface area contributed by atoms with E-state index in [1.807, 2.05) is 0 Å². The average molecular weight is 490 g/mol. The SMILES string of the molecule is COC(=O)C(N)(CC#Cc1ccccc1)S(=O)(=O)c1sccc1S(=O)(=O)c1ccccc1. The van der Waals surface area contributed by atoms with Crippen LogP contribution in [0.2, 0.25) is 0 Å². The summed E-state index contributed by atoms with van der Waals surface area (Å²) in [6, 6.07) is 17.3. The molecule has 0 saturated carbocycles. The van der Waals surface area contributed by atoms with Crippen LogP contribution in [-0.2, 0) is 29.2 Å². The van der Waals surface area contributed by atoms with Gasteiger partial charge in [0, 0.05) is 5.56 Å². The van der Waals surface area contributed by atoms with Gasteiger partial charge < -0.3 is 10.5 Å². The Kier molecular flexibility index (Phi) is 6.85. The summed E-state index contributed by atoms with van der Waals surface area (Å²) in [4.78, 5) is 9.37. The number of esters is 1. The monoisotopic (exact) mass is 489 g/mol. The molecular formula is C22H19NO6S3. The van der Waals surface area contributed by atoms with Gasteiger partial charge in [-0.1, -0.05) is 48.2 Å². The van der Waals surface area contributed by atoms with Crippen LogP contribution < -0.4 is 5.73 Å². The number of ether oxygens (including phenoxy) is 1. The van der Waals surface area contributed by atoms with Crippen LogP contribution >= 0.6 is 11.3 Å². The molecule has 2 N–H and O–H groups in total. The molecule has 1 atom stereocenters. The van der Waals surface area contributed by atoms with Crippen LogP contribution in [0.1, 0.15) is 12.0 Å². The standard InChI is InChI=1S/C22H19NO6S3/c1-29-21(24)22(23,15-8-11-17-9-4-2-5-10-17)32(27,28)20-19(14-16-30-20)31(25,26)18-12-6-3-7-13-18/h2-7,9-10,12-14,16H,15,23H2,1H3. The zero-order valence-corrected chi connectivity index (χ0v) is 19.3. The van der Waals surface area contributed by atoms with E-state index in [0.717, 1.165) is 7.11 Å². The maximum Gasteiger partial charge on any atom is 0.343 e. The van der Waals surface area contributed by atoms with Gasteiger partial charge in [0.25, 0.3) is 0 Å². The number of carbonyl (C=O) groups excluding carboxylic acids is 1. The van der Waals surface area contributed by atoms with Crippen molar-refractivity contribution in [3.05, 3.63) is 77.7 Å². The van der Waals surface area contributed by atoms with Crippen molar-refractivity contribution in [2.45, 2.75) is 25.3 Å². The van der Waals surface area contributed by atoms with Gasteiger partial charge >= 0.3 is 5.97 Å². The molecule has 2 aromatic carbocycles. The molecule has 32 heavy (non-hydrogen) atoms. The van der Waals surface area contributed by atoms with Gasteiger partial charge in [-0.05, 0) is 35.7 Å². The lowest BCUT2D eigenvalue weighted by molar-refractivity contribution is -0.143. The lowest BCUT2D eigenvalue weighted by atomic mass is 10.2. The molecule has 1 aromatic heterocycles. The van der Waals surface area contributed by atoms with Gasteiger partial charge in [0.05, 0.1) is 18.4 Å². The Labute approximate surface area is 190 Å². The smallest absolute Gasteiger partial charge is 0.343 e. The topological polar surface area (TPSA) is 121 Å². The molecule has 10 heteroatoms. The molecule has 0 fully saturated rings. The number of sulfone groups is 2. The lowest BCUT2D eigenvalue weighted by Crippen LogP contribution is -2.55. The van der Waals surface area contributed by atoms with Crippen LogP contribution in [0.4, 0.5) is 0 Å². The van der Waals surface area contributed by atoms with E-state index in [1.54, 1.807) is 36.4 Å². The lowest BCUT2D eigenvalue weighted by Gasteiger charge is -2.24. The minimum atomic E-state index is -4.70. The predicted octanol–water partition coefficient (Wildman–Crippen LogP) is 2.62. The highest BCUT2D eigenvalue weighted by Crippen LogP contribution is 2.37. The summed E-state index contributed by atoms with van der Waals surface area (Å²) in [6.07, 6.45) is -0.598. The van der Waals surface area contributed by atoms with Crippen molar-refractivity contribution in [2.24, 2.45) is 5.73 Å². The first-order valence-electron chi connectivity index (χ1n) is 9.18. The van der Waals surface area contributed by atoms with Crippen molar-refractivity contribution in [2.75, 3.05) is 7.11 Å². The highest BCUT2D eigenvalue weighted by molar-refractivity contribution is 7.97. The summed E-state index contributed by atoms with van der Waals surface area (Å²) in [5.74, 6) is 4.13. The molecule has 0 aliphatic heterocycles. The van der Waals surface area contributed by atoms with E-state index in [9.17, 15) is 21.6 Å². The number of benzene rings is 2. The molecule has 0 saturated heterocycles. The van der Waals surface area contributed by atoms with Crippen molar-refractivity contribution in [1.29, 1.82) is 0 Å². The van der Waals surface area contributed by atoms with E-state index >= 15 is 0 Å². The first kappa shape index (κ1) is 23.7. The van der Waals surface area contributed by atoms with Gasteiger partial charge in [-0.3, -0.25) is 0 Å². The number of hydrogen-bond acceptors (Lipinski definition) is 8. The number of nitrogens with two attached hydrogens (primary N) is 1. The summed E-state index contributed by atoms with van der Waals surface area (Å²) >= 11 is 0.660. The Balaban J connectivity index is 2.09. The molecule has 3 rings (SSSR count). The van der Waals surface area contributed by atoms with Crippen molar-refractivity contribution in [3.63, 3.8) is 0 Å². The Morgan fingerprint density at radius 3 is 2.19 bits per heavy atom. The van der Waals surface area contributed by atoms with Crippen LogP contribution in [-0.4, -0.2) is 34.8 Å². The Morgan fingerprint density at radius 1 is 1.00 bits per heavy atom. The quantitative estimate of drug-likeness (QED) is 0.417. The minimum Gasteiger partial charge on any atom is -0.467 e. The molecular weight excluding hydrogens is 470 g/mol. The third-order valence-electron chi connectivity index (χ3n) is 4.55. The number of thiophene rings is 1. The van der Waals surface area contributed by atoms with Gasteiger partial charge in [0.1, 0.15) is 9.10 Å². The first-order valence-corrected chi connectivity index (χ1v) is 13.0. The fraction of sp³-hybridized carbons (Fsp3) is 0.136. The van der Waals surface area contributed by atoms with E-state index in [-0.39, 0.29) is 4.90 Å². The Bertz CT molecular complexity index is 1390. The zero-order chi connectivity index (χ0) is 23.4. The van der Waals surface area contributed by atoms with Crippen LogP contribution in [0.5, 0.6) is 0 Å². The Morgan fingerprint density at radius 2 is 1.59 bits per heavy atom. The van der Waals surface area contributed by atoms with E-state index in [0.29, 0.717) is 16.9 Å². The molecule has 0 aliphatic carbocycles. The van der Waals surface area contributed by atoms with Gasteiger partial charge in [0.15, 0.2) is 0 Å². The second-order valence-corrected chi connectivity index (χ2v) is 11.9. The highest BCUT2D eigenvalue weighted by Gasteiger charge is 2.51. The summed E-state index contributed by atoms with van der Waals surface area (Å²) in [6.45, 7) is 0. The number of methoxy groups -OCH3 is 1. The third kappa shape index (κ3) is 4.33. The Hall–Kier alpha value is -2.97.